The summed E-state index contributed by atoms with van der Waals surface area (Å²) in [5.41, 5.74) is -0.562. The number of carbonyl (C=O) groups is 2. The Morgan fingerprint density at radius 1 is 1.28 bits per heavy atom. The fraction of sp³-hybridized carbons (Fsp3) is 0.833. The molecule has 0 aromatic carbocycles. The Morgan fingerprint density at radius 3 is 2.33 bits per heavy atom. The van der Waals surface area contributed by atoms with Crippen LogP contribution in [0.15, 0.2) is 0 Å². The summed E-state index contributed by atoms with van der Waals surface area (Å²) in [4.78, 5) is 23.4. The van der Waals surface area contributed by atoms with Gasteiger partial charge in [0.25, 0.3) is 0 Å². The average molecular weight is 276 g/mol. The van der Waals surface area contributed by atoms with E-state index in [0.717, 1.165) is 5.75 Å². The molecule has 0 aliphatic heterocycles. The quantitative estimate of drug-likeness (QED) is 0.776. The van der Waals surface area contributed by atoms with Crippen molar-refractivity contribution in [3.63, 3.8) is 0 Å². The molecule has 0 heterocycles. The van der Waals surface area contributed by atoms with E-state index < -0.39 is 17.7 Å². The normalized spacial score (nSPS) is 12.7. The molecule has 0 radical (unpaired) electrons. The molecule has 5 nitrogen and oxygen atoms in total. The second-order valence-electron chi connectivity index (χ2n) is 4.75. The van der Waals surface area contributed by atoms with Crippen LogP contribution in [0.4, 0.5) is 4.79 Å². The van der Waals surface area contributed by atoms with Crippen molar-refractivity contribution < 1.29 is 14.3 Å². The van der Waals surface area contributed by atoms with Crippen molar-refractivity contribution in [2.45, 2.75) is 46.3 Å². The topological polar surface area (TPSA) is 67.4 Å². The largest absolute Gasteiger partial charge is 0.444 e. The van der Waals surface area contributed by atoms with Gasteiger partial charge in [-0.3, -0.25) is 4.79 Å². The molecule has 2 N–H and O–H groups in total. The standard InChI is InChI=1S/C12H24N2O3S/c1-6-13-10(15)9(8-18-7-2)14-11(16)17-12(3,4)5/h9H,6-8H2,1-5H3,(H,13,15)(H,14,16)/t9-/m0/s1. The maximum absolute atomic E-state index is 11.8. The smallest absolute Gasteiger partial charge is 0.408 e. The van der Waals surface area contributed by atoms with E-state index in [2.05, 4.69) is 10.6 Å². The molecule has 0 aromatic rings. The van der Waals surface area contributed by atoms with E-state index in [1.165, 1.54) is 0 Å². The molecule has 0 rings (SSSR count). The molecule has 0 fully saturated rings. The number of hydrogen-bond donors (Lipinski definition) is 2. The van der Waals surface area contributed by atoms with E-state index in [1.807, 2.05) is 13.8 Å². The van der Waals surface area contributed by atoms with Gasteiger partial charge in [-0.25, -0.2) is 4.79 Å². The van der Waals surface area contributed by atoms with E-state index in [-0.39, 0.29) is 5.91 Å². The molecule has 106 valence electrons. The van der Waals surface area contributed by atoms with E-state index in [9.17, 15) is 9.59 Å². The molecule has 6 heteroatoms. The van der Waals surface area contributed by atoms with Gasteiger partial charge >= 0.3 is 6.09 Å². The Labute approximate surface area is 113 Å². The zero-order valence-electron chi connectivity index (χ0n) is 11.8. The molecule has 0 saturated carbocycles. The van der Waals surface area contributed by atoms with E-state index >= 15 is 0 Å². The lowest BCUT2D eigenvalue weighted by molar-refractivity contribution is -0.122. The molecule has 0 saturated heterocycles. The number of likely N-dealkylation sites (N-methyl/N-ethyl adjacent to an activating group) is 1. The van der Waals surface area contributed by atoms with Crippen LogP contribution in [0.1, 0.15) is 34.6 Å². The number of hydrogen-bond acceptors (Lipinski definition) is 4. The second kappa shape index (κ2) is 8.24. The van der Waals surface area contributed by atoms with Gasteiger partial charge in [-0.1, -0.05) is 6.92 Å². The number of ether oxygens (including phenoxy) is 1. The molecule has 0 bridgehead atoms. The van der Waals surface area contributed by atoms with Gasteiger partial charge in [-0.2, -0.15) is 11.8 Å². The fourth-order valence-electron chi connectivity index (χ4n) is 1.17. The zero-order chi connectivity index (χ0) is 14.2. The van der Waals surface area contributed by atoms with Crippen LogP contribution in [0, 0.1) is 0 Å². The van der Waals surface area contributed by atoms with Crippen LogP contribution in [0.25, 0.3) is 0 Å². The van der Waals surface area contributed by atoms with Gasteiger partial charge in [0.05, 0.1) is 0 Å². The summed E-state index contributed by atoms with van der Waals surface area (Å²) in [6, 6.07) is -0.551. The molecular weight excluding hydrogens is 252 g/mol. The summed E-state index contributed by atoms with van der Waals surface area (Å²) < 4.78 is 5.14. The maximum Gasteiger partial charge on any atom is 0.408 e. The van der Waals surface area contributed by atoms with Crippen LogP contribution >= 0.6 is 11.8 Å². The number of nitrogens with one attached hydrogen (secondary N) is 2. The summed E-state index contributed by atoms with van der Waals surface area (Å²) in [7, 11) is 0. The van der Waals surface area contributed by atoms with Gasteiger partial charge in [-0.05, 0) is 33.4 Å². The highest BCUT2D eigenvalue weighted by Crippen LogP contribution is 2.08. The van der Waals surface area contributed by atoms with Crippen LogP contribution in [0.2, 0.25) is 0 Å². The zero-order valence-corrected chi connectivity index (χ0v) is 12.6. The van der Waals surface area contributed by atoms with E-state index in [1.54, 1.807) is 32.5 Å². The van der Waals surface area contributed by atoms with Crippen molar-refractivity contribution >= 4 is 23.8 Å². The highest BCUT2D eigenvalue weighted by molar-refractivity contribution is 7.99. The van der Waals surface area contributed by atoms with Gasteiger partial charge in [0.2, 0.25) is 5.91 Å². The summed E-state index contributed by atoms with van der Waals surface area (Å²) in [6.07, 6.45) is -0.560. The predicted octanol–water partition coefficient (Wildman–Crippen LogP) is 1.77. The SMILES string of the molecule is CCNC(=O)[C@H](CSCC)NC(=O)OC(C)(C)C. The highest BCUT2D eigenvalue weighted by Gasteiger charge is 2.23. The molecule has 2 amide bonds. The van der Waals surface area contributed by atoms with Gasteiger partial charge in [0.15, 0.2) is 0 Å². The van der Waals surface area contributed by atoms with Crippen molar-refractivity contribution in [1.82, 2.24) is 10.6 Å². The molecule has 18 heavy (non-hydrogen) atoms. The Balaban J connectivity index is 4.39. The average Bonchev–Trinajstić information content (AvgIpc) is 2.21. The lowest BCUT2D eigenvalue weighted by atomic mass is 10.2. The first-order chi connectivity index (χ1) is 8.30. The predicted molar refractivity (Wildman–Crippen MR) is 74.8 cm³/mol. The molecular formula is C12H24N2O3S. The van der Waals surface area contributed by atoms with Crippen molar-refractivity contribution in [3.05, 3.63) is 0 Å². The number of carbonyl (C=O) groups excluding carboxylic acids is 2. The van der Waals surface area contributed by atoms with Crippen molar-refractivity contribution in [1.29, 1.82) is 0 Å². The third kappa shape index (κ3) is 8.22. The lowest BCUT2D eigenvalue weighted by Gasteiger charge is -2.23. The minimum absolute atomic E-state index is 0.177. The van der Waals surface area contributed by atoms with Gasteiger partial charge in [0.1, 0.15) is 11.6 Å². The first-order valence-electron chi connectivity index (χ1n) is 6.15. The van der Waals surface area contributed by atoms with Crippen LogP contribution in [-0.4, -0.2) is 41.7 Å². The molecule has 0 aromatic heterocycles. The molecule has 0 aliphatic rings. The van der Waals surface area contributed by atoms with Crippen molar-refractivity contribution in [3.8, 4) is 0 Å². The summed E-state index contributed by atoms with van der Waals surface area (Å²) >= 11 is 1.60. The minimum atomic E-state index is -0.562. The summed E-state index contributed by atoms with van der Waals surface area (Å²) in [5.74, 6) is 1.26. The van der Waals surface area contributed by atoms with Crippen LogP contribution < -0.4 is 10.6 Å². The molecule has 1 atom stereocenters. The van der Waals surface area contributed by atoms with Crippen molar-refractivity contribution in [2.24, 2.45) is 0 Å². The number of amides is 2. The Bertz CT molecular complexity index is 277. The fourth-order valence-corrected chi connectivity index (χ4v) is 1.87. The number of thioether (sulfide) groups is 1. The van der Waals surface area contributed by atoms with Crippen LogP contribution in [0.5, 0.6) is 0 Å². The van der Waals surface area contributed by atoms with Gasteiger partial charge in [-0.15, -0.1) is 0 Å². The van der Waals surface area contributed by atoms with Crippen LogP contribution in [-0.2, 0) is 9.53 Å². The minimum Gasteiger partial charge on any atom is -0.444 e. The van der Waals surface area contributed by atoms with Gasteiger partial charge in [0, 0.05) is 12.3 Å². The molecule has 0 aliphatic carbocycles. The third-order valence-electron chi connectivity index (χ3n) is 1.85. The first-order valence-corrected chi connectivity index (χ1v) is 7.30. The van der Waals surface area contributed by atoms with Crippen LogP contribution in [0.3, 0.4) is 0 Å². The summed E-state index contributed by atoms with van der Waals surface area (Å²) in [5, 5.41) is 5.30. The Kier molecular flexibility index (Phi) is 7.82. The van der Waals surface area contributed by atoms with Gasteiger partial charge < -0.3 is 15.4 Å². The Morgan fingerprint density at radius 2 is 1.89 bits per heavy atom. The Hall–Kier alpha value is -0.910. The summed E-state index contributed by atoms with van der Waals surface area (Å²) in [6.45, 7) is 9.75. The highest BCUT2D eigenvalue weighted by atomic mass is 32.2. The monoisotopic (exact) mass is 276 g/mol. The second-order valence-corrected chi connectivity index (χ2v) is 6.07. The maximum atomic E-state index is 11.8. The first kappa shape index (κ1) is 17.1. The molecule has 0 unspecified atom stereocenters. The molecule has 0 spiro atoms. The lowest BCUT2D eigenvalue weighted by Crippen LogP contribution is -2.49. The number of alkyl carbamates (subject to hydrolysis) is 1. The van der Waals surface area contributed by atoms with E-state index in [4.69, 9.17) is 4.74 Å². The van der Waals surface area contributed by atoms with E-state index in [0.29, 0.717) is 12.3 Å². The number of rotatable bonds is 6. The van der Waals surface area contributed by atoms with Crippen molar-refractivity contribution in [2.75, 3.05) is 18.1 Å². The third-order valence-corrected chi connectivity index (χ3v) is 2.82.